The highest BCUT2D eigenvalue weighted by Crippen LogP contribution is 2.13. The van der Waals surface area contributed by atoms with Crippen LogP contribution in [0.5, 0.6) is 5.75 Å². The van der Waals surface area contributed by atoms with Crippen LogP contribution in [0.3, 0.4) is 0 Å². The number of carboxylic acids is 2. The lowest BCUT2D eigenvalue weighted by Gasteiger charge is -2.07. The SMILES string of the molecule is N[C@@H](Cc1ccc(OCC(=O)O)cc1)C(=O)O. The van der Waals surface area contributed by atoms with Crippen LogP contribution in [0.4, 0.5) is 0 Å². The Morgan fingerprint density at radius 3 is 2.29 bits per heavy atom. The van der Waals surface area contributed by atoms with E-state index >= 15 is 0 Å². The van der Waals surface area contributed by atoms with Gasteiger partial charge in [-0.3, -0.25) is 4.79 Å². The fourth-order valence-corrected chi connectivity index (χ4v) is 1.21. The predicted molar refractivity (Wildman–Crippen MR) is 58.9 cm³/mol. The highest BCUT2D eigenvalue weighted by atomic mass is 16.5. The average Bonchev–Trinajstić information content (AvgIpc) is 2.28. The smallest absolute Gasteiger partial charge is 0.341 e. The van der Waals surface area contributed by atoms with Gasteiger partial charge in [-0.05, 0) is 24.1 Å². The number of ether oxygens (including phenoxy) is 1. The molecule has 6 nitrogen and oxygen atoms in total. The monoisotopic (exact) mass is 239 g/mol. The van der Waals surface area contributed by atoms with Crippen LogP contribution in [0.15, 0.2) is 24.3 Å². The zero-order valence-electron chi connectivity index (χ0n) is 9.00. The molecule has 0 bridgehead atoms. The summed E-state index contributed by atoms with van der Waals surface area (Å²) in [4.78, 5) is 20.8. The zero-order valence-corrected chi connectivity index (χ0v) is 9.00. The van der Waals surface area contributed by atoms with Gasteiger partial charge in [0.05, 0.1) is 0 Å². The lowest BCUT2D eigenvalue weighted by atomic mass is 10.1. The number of nitrogens with two attached hydrogens (primary N) is 1. The molecule has 0 saturated heterocycles. The van der Waals surface area contributed by atoms with E-state index in [0.717, 1.165) is 5.56 Å². The van der Waals surface area contributed by atoms with Crippen LogP contribution >= 0.6 is 0 Å². The highest BCUT2D eigenvalue weighted by molar-refractivity contribution is 5.73. The van der Waals surface area contributed by atoms with Crippen molar-refractivity contribution in [3.05, 3.63) is 29.8 Å². The molecule has 0 heterocycles. The molecular formula is C11H13NO5. The number of aliphatic carboxylic acids is 2. The summed E-state index contributed by atoms with van der Waals surface area (Å²) in [6.07, 6.45) is 0.217. The summed E-state index contributed by atoms with van der Waals surface area (Å²) in [5, 5.41) is 17.0. The fourth-order valence-electron chi connectivity index (χ4n) is 1.21. The first-order valence-electron chi connectivity index (χ1n) is 4.91. The van der Waals surface area contributed by atoms with Crippen molar-refractivity contribution in [2.24, 2.45) is 5.73 Å². The quantitative estimate of drug-likeness (QED) is 0.649. The molecule has 1 rings (SSSR count). The Hall–Kier alpha value is -2.08. The minimum Gasteiger partial charge on any atom is -0.482 e. The van der Waals surface area contributed by atoms with Crippen LogP contribution in [0.25, 0.3) is 0 Å². The van der Waals surface area contributed by atoms with E-state index in [1.54, 1.807) is 24.3 Å². The fraction of sp³-hybridized carbons (Fsp3) is 0.273. The summed E-state index contributed by atoms with van der Waals surface area (Å²) >= 11 is 0. The summed E-state index contributed by atoms with van der Waals surface area (Å²) in [6.45, 7) is -0.409. The highest BCUT2D eigenvalue weighted by Gasteiger charge is 2.11. The Labute approximate surface area is 97.6 Å². The van der Waals surface area contributed by atoms with E-state index in [1.165, 1.54) is 0 Å². The van der Waals surface area contributed by atoms with Crippen LogP contribution in [0.2, 0.25) is 0 Å². The van der Waals surface area contributed by atoms with E-state index < -0.39 is 24.6 Å². The third-order valence-electron chi connectivity index (χ3n) is 2.06. The first kappa shape index (κ1) is 13.0. The van der Waals surface area contributed by atoms with Crippen LogP contribution < -0.4 is 10.5 Å². The molecule has 1 atom stereocenters. The maximum atomic E-state index is 10.5. The molecule has 4 N–H and O–H groups in total. The lowest BCUT2D eigenvalue weighted by molar-refractivity contribution is -0.139. The summed E-state index contributed by atoms with van der Waals surface area (Å²) < 4.78 is 4.93. The number of carboxylic acid groups (broad SMARTS) is 2. The maximum absolute atomic E-state index is 10.5. The van der Waals surface area contributed by atoms with Gasteiger partial charge in [0, 0.05) is 0 Å². The van der Waals surface area contributed by atoms with Gasteiger partial charge in [-0.25, -0.2) is 4.79 Å². The number of hydrogen-bond donors (Lipinski definition) is 3. The molecule has 0 radical (unpaired) electrons. The van der Waals surface area contributed by atoms with E-state index in [2.05, 4.69) is 0 Å². The van der Waals surface area contributed by atoms with Crippen molar-refractivity contribution in [2.45, 2.75) is 12.5 Å². The van der Waals surface area contributed by atoms with Crippen molar-refractivity contribution >= 4 is 11.9 Å². The van der Waals surface area contributed by atoms with Crippen molar-refractivity contribution in [1.29, 1.82) is 0 Å². The first-order valence-corrected chi connectivity index (χ1v) is 4.91. The van der Waals surface area contributed by atoms with Crippen molar-refractivity contribution in [3.8, 4) is 5.75 Å². The molecule has 0 aromatic heterocycles. The standard InChI is InChI=1S/C11H13NO5/c12-9(11(15)16)5-7-1-3-8(4-2-7)17-6-10(13)14/h1-4,9H,5-6,12H2,(H,13,14)(H,15,16)/t9-/m0/s1. The third-order valence-corrected chi connectivity index (χ3v) is 2.06. The molecule has 1 aromatic rings. The lowest BCUT2D eigenvalue weighted by Crippen LogP contribution is -2.32. The normalized spacial score (nSPS) is 11.8. The Kier molecular flexibility index (Phi) is 4.47. The van der Waals surface area contributed by atoms with Gasteiger partial charge in [0.1, 0.15) is 11.8 Å². The molecule has 0 aliphatic rings. The number of benzene rings is 1. The Morgan fingerprint density at radius 1 is 1.24 bits per heavy atom. The molecule has 92 valence electrons. The summed E-state index contributed by atoms with van der Waals surface area (Å²) in [5.74, 6) is -1.70. The van der Waals surface area contributed by atoms with Crippen LogP contribution in [0.1, 0.15) is 5.56 Å². The van der Waals surface area contributed by atoms with Gasteiger partial charge < -0.3 is 20.7 Å². The minimum atomic E-state index is -1.06. The Balaban J connectivity index is 2.55. The molecule has 0 saturated carbocycles. The number of rotatable bonds is 6. The molecule has 17 heavy (non-hydrogen) atoms. The molecular weight excluding hydrogens is 226 g/mol. The van der Waals surface area contributed by atoms with Crippen LogP contribution in [-0.2, 0) is 16.0 Å². The molecule has 0 spiro atoms. The van der Waals surface area contributed by atoms with Gasteiger partial charge in [-0.2, -0.15) is 0 Å². The van der Waals surface area contributed by atoms with Gasteiger partial charge in [0.15, 0.2) is 6.61 Å². The Morgan fingerprint density at radius 2 is 1.82 bits per heavy atom. The summed E-state index contributed by atoms with van der Waals surface area (Å²) in [7, 11) is 0. The van der Waals surface area contributed by atoms with Crippen molar-refractivity contribution < 1.29 is 24.5 Å². The first-order chi connectivity index (χ1) is 7.99. The Bertz CT molecular complexity index is 401. The second-order valence-corrected chi connectivity index (χ2v) is 3.48. The maximum Gasteiger partial charge on any atom is 0.341 e. The van der Waals surface area contributed by atoms with Crippen molar-refractivity contribution in [1.82, 2.24) is 0 Å². The van der Waals surface area contributed by atoms with Gasteiger partial charge in [0.2, 0.25) is 0 Å². The molecule has 0 fully saturated rings. The van der Waals surface area contributed by atoms with Gasteiger partial charge in [0.25, 0.3) is 0 Å². The minimum absolute atomic E-state index is 0.217. The van der Waals surface area contributed by atoms with Gasteiger partial charge >= 0.3 is 11.9 Å². The average molecular weight is 239 g/mol. The van der Waals surface area contributed by atoms with Crippen LogP contribution in [0, 0.1) is 0 Å². The van der Waals surface area contributed by atoms with E-state index in [4.69, 9.17) is 20.7 Å². The van der Waals surface area contributed by atoms with Crippen molar-refractivity contribution in [2.75, 3.05) is 6.61 Å². The molecule has 0 unspecified atom stereocenters. The van der Waals surface area contributed by atoms with Gasteiger partial charge in [-0.15, -0.1) is 0 Å². The summed E-state index contributed by atoms with van der Waals surface area (Å²) in [5.41, 5.74) is 6.13. The topological polar surface area (TPSA) is 110 Å². The largest absolute Gasteiger partial charge is 0.482 e. The molecule has 0 aliphatic carbocycles. The molecule has 1 aromatic carbocycles. The zero-order chi connectivity index (χ0) is 12.8. The van der Waals surface area contributed by atoms with E-state index in [1.807, 2.05) is 0 Å². The predicted octanol–water partition coefficient (Wildman–Crippen LogP) is 0.104. The third kappa shape index (κ3) is 4.52. The van der Waals surface area contributed by atoms with E-state index in [0.29, 0.717) is 5.75 Å². The van der Waals surface area contributed by atoms with Crippen molar-refractivity contribution in [3.63, 3.8) is 0 Å². The van der Waals surface area contributed by atoms with Gasteiger partial charge in [-0.1, -0.05) is 12.1 Å². The summed E-state index contributed by atoms with van der Waals surface area (Å²) in [6, 6.07) is 5.51. The second-order valence-electron chi connectivity index (χ2n) is 3.48. The second kappa shape index (κ2) is 5.86. The molecule has 6 heteroatoms. The number of carbonyl (C=O) groups is 2. The molecule has 0 aliphatic heterocycles. The van der Waals surface area contributed by atoms with E-state index in [-0.39, 0.29) is 6.42 Å². The number of hydrogen-bond acceptors (Lipinski definition) is 4. The van der Waals surface area contributed by atoms with Crippen LogP contribution in [-0.4, -0.2) is 34.8 Å². The van der Waals surface area contributed by atoms with E-state index in [9.17, 15) is 9.59 Å². The molecule has 0 amide bonds.